The van der Waals surface area contributed by atoms with Gasteiger partial charge >= 0.3 is 0 Å². The van der Waals surface area contributed by atoms with Crippen LogP contribution in [0.4, 0.5) is 5.69 Å². The summed E-state index contributed by atoms with van der Waals surface area (Å²) in [4.78, 5) is 27.7. The van der Waals surface area contributed by atoms with Gasteiger partial charge in [-0.2, -0.15) is 17.0 Å². The molecule has 136 valence electrons. The van der Waals surface area contributed by atoms with Gasteiger partial charge in [-0.25, -0.2) is 0 Å². The molecule has 9 heteroatoms. The number of hydrogen-bond acceptors (Lipinski definition) is 4. The number of carbonyl (C=O) groups is 2. The van der Waals surface area contributed by atoms with Crippen molar-refractivity contribution < 1.29 is 18.0 Å². The molecule has 1 aromatic rings. The Bertz CT molecular complexity index is 813. The molecule has 0 aliphatic carbocycles. The van der Waals surface area contributed by atoms with Crippen LogP contribution >= 0.6 is 0 Å². The second-order valence-corrected chi connectivity index (χ2v) is 8.60. The molecule has 1 aromatic carbocycles. The lowest BCUT2D eigenvalue weighted by Crippen LogP contribution is -2.53. The Kier molecular flexibility index (Phi) is 4.56. The summed E-state index contributed by atoms with van der Waals surface area (Å²) >= 11 is 0. The Morgan fingerprint density at radius 3 is 2.36 bits per heavy atom. The maximum Gasteiger partial charge on any atom is 0.281 e. The lowest BCUT2D eigenvalue weighted by molar-refractivity contribution is -0.117. The molecule has 0 saturated carbocycles. The Balaban J connectivity index is 1.70. The summed E-state index contributed by atoms with van der Waals surface area (Å²) in [5.41, 5.74) is 2.22. The van der Waals surface area contributed by atoms with Gasteiger partial charge in [0.15, 0.2) is 0 Å². The molecule has 1 fully saturated rings. The van der Waals surface area contributed by atoms with E-state index in [4.69, 9.17) is 0 Å². The van der Waals surface area contributed by atoms with Crippen molar-refractivity contribution in [2.75, 3.05) is 52.2 Å². The summed E-state index contributed by atoms with van der Waals surface area (Å²) in [6.07, 6.45) is 0.307. The van der Waals surface area contributed by atoms with Crippen LogP contribution in [0.5, 0.6) is 0 Å². The van der Waals surface area contributed by atoms with Crippen molar-refractivity contribution >= 4 is 27.7 Å². The first-order chi connectivity index (χ1) is 11.7. The third-order valence-corrected chi connectivity index (χ3v) is 6.66. The number of fused-ring (bicyclic) bond motifs is 1. The molecule has 3 rings (SSSR count). The molecule has 2 heterocycles. The van der Waals surface area contributed by atoms with Gasteiger partial charge in [0.05, 0.1) is 6.42 Å². The summed E-state index contributed by atoms with van der Waals surface area (Å²) in [6, 6.07) is 5.28. The zero-order valence-corrected chi connectivity index (χ0v) is 15.4. The molecule has 2 aliphatic heterocycles. The average molecular weight is 366 g/mol. The Labute approximate surface area is 147 Å². The van der Waals surface area contributed by atoms with Crippen LogP contribution in [-0.4, -0.2) is 81.1 Å². The summed E-state index contributed by atoms with van der Waals surface area (Å²) in [5, 5.41) is 0. The monoisotopic (exact) mass is 366 g/mol. The molecular formula is C16H22N4O4S. The molecule has 0 unspecified atom stereocenters. The maximum atomic E-state index is 12.7. The van der Waals surface area contributed by atoms with Gasteiger partial charge in [0.25, 0.3) is 16.1 Å². The molecule has 8 nitrogen and oxygen atoms in total. The van der Waals surface area contributed by atoms with E-state index in [2.05, 4.69) is 0 Å². The maximum absolute atomic E-state index is 12.7. The second-order valence-electron chi connectivity index (χ2n) is 6.45. The van der Waals surface area contributed by atoms with E-state index >= 15 is 0 Å². The average Bonchev–Trinajstić information content (AvgIpc) is 2.88. The molecule has 1 saturated heterocycles. The fourth-order valence-corrected chi connectivity index (χ4v) is 4.23. The largest absolute Gasteiger partial charge is 0.336 e. The minimum absolute atomic E-state index is 0.0158. The zero-order chi connectivity index (χ0) is 18.4. The van der Waals surface area contributed by atoms with Gasteiger partial charge in [-0.15, -0.1) is 0 Å². The van der Waals surface area contributed by atoms with Gasteiger partial charge in [-0.3, -0.25) is 9.59 Å². The van der Waals surface area contributed by atoms with Crippen molar-refractivity contribution in [1.82, 2.24) is 13.5 Å². The van der Waals surface area contributed by atoms with E-state index in [1.165, 1.54) is 22.7 Å². The first-order valence-corrected chi connectivity index (χ1v) is 9.48. The number of amides is 2. The van der Waals surface area contributed by atoms with E-state index in [1.807, 2.05) is 0 Å². The number of nitrogens with zero attached hydrogens (tertiary/aromatic N) is 4. The van der Waals surface area contributed by atoms with Gasteiger partial charge in [-0.1, -0.05) is 0 Å². The fourth-order valence-electron chi connectivity index (χ4n) is 3.14. The van der Waals surface area contributed by atoms with Crippen molar-refractivity contribution in [2.24, 2.45) is 0 Å². The van der Waals surface area contributed by atoms with Crippen LogP contribution in [0.3, 0.4) is 0 Å². The zero-order valence-electron chi connectivity index (χ0n) is 14.6. The Morgan fingerprint density at radius 2 is 1.76 bits per heavy atom. The molecule has 0 radical (unpaired) electrons. The van der Waals surface area contributed by atoms with Crippen molar-refractivity contribution in [3.05, 3.63) is 29.3 Å². The first kappa shape index (κ1) is 17.8. The molecule has 25 heavy (non-hydrogen) atoms. The molecule has 0 aromatic heterocycles. The third kappa shape index (κ3) is 3.14. The lowest BCUT2D eigenvalue weighted by Gasteiger charge is -2.35. The summed E-state index contributed by atoms with van der Waals surface area (Å²) in [6.45, 7) is 1.25. The van der Waals surface area contributed by atoms with Gasteiger partial charge < -0.3 is 9.80 Å². The molecular weight excluding hydrogens is 344 g/mol. The molecule has 0 bridgehead atoms. The number of carbonyl (C=O) groups excluding carboxylic acids is 2. The van der Waals surface area contributed by atoms with E-state index in [1.54, 1.807) is 35.0 Å². The number of rotatable bonds is 3. The lowest BCUT2D eigenvalue weighted by atomic mass is 10.1. The fraction of sp³-hybridized carbons (Fsp3) is 0.500. The summed E-state index contributed by atoms with van der Waals surface area (Å²) < 4.78 is 26.8. The smallest absolute Gasteiger partial charge is 0.281 e. The first-order valence-electron chi connectivity index (χ1n) is 8.08. The second kappa shape index (κ2) is 6.40. The van der Waals surface area contributed by atoms with Gasteiger partial charge in [0.1, 0.15) is 0 Å². The molecule has 0 spiro atoms. The molecule has 2 aliphatic rings. The normalized spacial score (nSPS) is 18.8. The topological polar surface area (TPSA) is 81.2 Å². The SMILES string of the molecule is CN1C(=O)Cc2cc(C(=O)N3CCN(S(=O)(=O)N(C)C)CC3)ccc21. The highest BCUT2D eigenvalue weighted by Gasteiger charge is 2.31. The minimum atomic E-state index is -3.45. The molecule has 2 amide bonds. The highest BCUT2D eigenvalue weighted by molar-refractivity contribution is 7.86. The predicted octanol–water partition coefficient (Wildman–Crippen LogP) is -0.230. The highest BCUT2D eigenvalue weighted by Crippen LogP contribution is 2.28. The quantitative estimate of drug-likeness (QED) is 0.740. The van der Waals surface area contributed by atoms with E-state index in [-0.39, 0.29) is 24.9 Å². The predicted molar refractivity (Wildman–Crippen MR) is 93.6 cm³/mol. The van der Waals surface area contributed by atoms with E-state index in [9.17, 15) is 18.0 Å². The van der Waals surface area contributed by atoms with Gasteiger partial charge in [0, 0.05) is 58.6 Å². The number of benzene rings is 1. The van der Waals surface area contributed by atoms with Gasteiger partial charge in [0.2, 0.25) is 5.91 Å². The van der Waals surface area contributed by atoms with E-state index in [0.29, 0.717) is 25.1 Å². The third-order valence-electron chi connectivity index (χ3n) is 4.72. The highest BCUT2D eigenvalue weighted by atomic mass is 32.2. The van der Waals surface area contributed by atoms with Crippen LogP contribution in [-0.2, 0) is 21.4 Å². The Hall–Kier alpha value is -1.97. The summed E-state index contributed by atoms with van der Waals surface area (Å²) in [5.74, 6) is -0.117. The minimum Gasteiger partial charge on any atom is -0.336 e. The van der Waals surface area contributed by atoms with E-state index < -0.39 is 10.2 Å². The number of likely N-dealkylation sites (N-methyl/N-ethyl adjacent to an activating group) is 1. The van der Waals surface area contributed by atoms with Crippen LogP contribution < -0.4 is 4.90 Å². The van der Waals surface area contributed by atoms with Gasteiger partial charge in [-0.05, 0) is 23.8 Å². The van der Waals surface area contributed by atoms with Crippen LogP contribution in [0.1, 0.15) is 15.9 Å². The van der Waals surface area contributed by atoms with Crippen molar-refractivity contribution in [1.29, 1.82) is 0 Å². The van der Waals surface area contributed by atoms with Crippen LogP contribution in [0.2, 0.25) is 0 Å². The van der Waals surface area contributed by atoms with E-state index in [0.717, 1.165) is 11.3 Å². The number of anilines is 1. The number of piperazine rings is 1. The molecule has 0 atom stereocenters. The molecule has 0 N–H and O–H groups in total. The van der Waals surface area contributed by atoms with Crippen LogP contribution in [0.15, 0.2) is 18.2 Å². The van der Waals surface area contributed by atoms with Crippen LogP contribution in [0.25, 0.3) is 0 Å². The van der Waals surface area contributed by atoms with Crippen molar-refractivity contribution in [2.45, 2.75) is 6.42 Å². The Morgan fingerprint density at radius 1 is 1.12 bits per heavy atom. The number of hydrogen-bond donors (Lipinski definition) is 0. The van der Waals surface area contributed by atoms with Crippen molar-refractivity contribution in [3.63, 3.8) is 0 Å². The summed E-state index contributed by atoms with van der Waals surface area (Å²) in [7, 11) is 1.27. The van der Waals surface area contributed by atoms with Crippen LogP contribution in [0, 0.1) is 0 Å². The van der Waals surface area contributed by atoms with Crippen molar-refractivity contribution in [3.8, 4) is 0 Å². The standard InChI is InChI=1S/C16H22N4O4S/c1-17(2)25(23,24)20-8-6-19(7-9-20)16(22)12-4-5-14-13(10-12)11-15(21)18(14)3/h4-5,10H,6-9,11H2,1-3H3.